The largest absolute Gasteiger partial charge is 0.372 e. The van der Waals surface area contributed by atoms with Crippen LogP contribution in [0.25, 0.3) is 0 Å². The van der Waals surface area contributed by atoms with Gasteiger partial charge in [-0.3, -0.25) is 4.68 Å². The van der Waals surface area contributed by atoms with Crippen molar-refractivity contribution in [1.82, 2.24) is 9.78 Å². The Morgan fingerprint density at radius 3 is 3.15 bits per heavy atom. The Bertz CT molecular complexity index is 284. The van der Waals surface area contributed by atoms with Gasteiger partial charge in [0.2, 0.25) is 0 Å². The van der Waals surface area contributed by atoms with Gasteiger partial charge < -0.3 is 10.5 Å². The minimum absolute atomic E-state index is 0.0439. The molecule has 1 fully saturated rings. The lowest BCUT2D eigenvalue weighted by Crippen LogP contribution is -2.34. The first-order valence-corrected chi connectivity index (χ1v) is 4.63. The molecule has 4 nitrogen and oxygen atoms in total. The lowest BCUT2D eigenvalue weighted by atomic mass is 9.99. The highest BCUT2D eigenvalue weighted by atomic mass is 16.5. The van der Waals surface area contributed by atoms with E-state index >= 15 is 0 Å². The fraction of sp³-hybridized carbons (Fsp3) is 0.667. The first-order valence-electron chi connectivity index (χ1n) is 4.63. The van der Waals surface area contributed by atoms with Crippen LogP contribution >= 0.6 is 0 Å². The fourth-order valence-corrected chi connectivity index (χ4v) is 1.73. The Kier molecular flexibility index (Phi) is 2.33. The molecule has 2 heterocycles. The molecule has 0 aliphatic carbocycles. The summed E-state index contributed by atoms with van der Waals surface area (Å²) >= 11 is 0. The third kappa shape index (κ3) is 1.73. The van der Waals surface area contributed by atoms with Gasteiger partial charge in [0.15, 0.2) is 0 Å². The normalized spacial score (nSPS) is 29.1. The van der Waals surface area contributed by atoms with Crippen molar-refractivity contribution in [2.45, 2.75) is 25.0 Å². The van der Waals surface area contributed by atoms with Crippen LogP contribution in [0.1, 0.15) is 24.5 Å². The average molecular weight is 181 g/mol. The molecule has 2 atom stereocenters. The van der Waals surface area contributed by atoms with Crippen LogP contribution in [0.2, 0.25) is 0 Å². The van der Waals surface area contributed by atoms with E-state index < -0.39 is 0 Å². The summed E-state index contributed by atoms with van der Waals surface area (Å²) in [5, 5.41) is 4.11. The minimum Gasteiger partial charge on any atom is -0.372 e. The van der Waals surface area contributed by atoms with Gasteiger partial charge in [-0.2, -0.15) is 5.10 Å². The van der Waals surface area contributed by atoms with Crippen LogP contribution in [0.5, 0.6) is 0 Å². The van der Waals surface area contributed by atoms with Crippen LogP contribution < -0.4 is 5.73 Å². The molecule has 1 aromatic heterocycles. The molecule has 4 heteroatoms. The van der Waals surface area contributed by atoms with Crippen molar-refractivity contribution in [3.63, 3.8) is 0 Å². The molecule has 1 aliphatic heterocycles. The predicted molar refractivity (Wildman–Crippen MR) is 49.1 cm³/mol. The van der Waals surface area contributed by atoms with E-state index in [1.54, 1.807) is 4.68 Å². The maximum absolute atomic E-state index is 5.96. The number of aromatic nitrogens is 2. The summed E-state index contributed by atoms with van der Waals surface area (Å²) in [4.78, 5) is 0. The van der Waals surface area contributed by atoms with Gasteiger partial charge in [0.25, 0.3) is 0 Å². The van der Waals surface area contributed by atoms with E-state index in [0.29, 0.717) is 0 Å². The maximum Gasteiger partial charge on any atom is 0.101 e. The van der Waals surface area contributed by atoms with Crippen LogP contribution in [0.15, 0.2) is 12.4 Å². The number of aryl methyl sites for hydroxylation is 1. The smallest absolute Gasteiger partial charge is 0.101 e. The van der Waals surface area contributed by atoms with Crippen LogP contribution in [0, 0.1) is 0 Å². The molecule has 1 aromatic rings. The molecule has 0 bridgehead atoms. The van der Waals surface area contributed by atoms with Gasteiger partial charge >= 0.3 is 0 Å². The molecule has 0 spiro atoms. The van der Waals surface area contributed by atoms with Crippen molar-refractivity contribution in [1.29, 1.82) is 0 Å². The van der Waals surface area contributed by atoms with E-state index in [4.69, 9.17) is 10.5 Å². The quantitative estimate of drug-likeness (QED) is 0.690. The molecule has 72 valence electrons. The van der Waals surface area contributed by atoms with Gasteiger partial charge in [0.05, 0.1) is 6.20 Å². The van der Waals surface area contributed by atoms with E-state index in [-0.39, 0.29) is 12.1 Å². The summed E-state index contributed by atoms with van der Waals surface area (Å²) < 4.78 is 7.39. The van der Waals surface area contributed by atoms with Crippen LogP contribution in [-0.2, 0) is 11.8 Å². The topological polar surface area (TPSA) is 53.1 Å². The molecule has 0 unspecified atom stereocenters. The molecule has 1 saturated heterocycles. The van der Waals surface area contributed by atoms with Crippen molar-refractivity contribution in [3.8, 4) is 0 Å². The van der Waals surface area contributed by atoms with Gasteiger partial charge in [0, 0.05) is 31.5 Å². The van der Waals surface area contributed by atoms with E-state index in [9.17, 15) is 0 Å². The van der Waals surface area contributed by atoms with Crippen molar-refractivity contribution in [3.05, 3.63) is 18.0 Å². The molecule has 0 aromatic carbocycles. The Balaban J connectivity index is 2.14. The number of hydrogen-bond acceptors (Lipinski definition) is 3. The van der Waals surface area contributed by atoms with Crippen molar-refractivity contribution in [2.75, 3.05) is 6.61 Å². The Morgan fingerprint density at radius 2 is 2.54 bits per heavy atom. The highest BCUT2D eigenvalue weighted by molar-refractivity contribution is 5.11. The zero-order valence-corrected chi connectivity index (χ0v) is 7.81. The van der Waals surface area contributed by atoms with Crippen molar-refractivity contribution >= 4 is 0 Å². The molecule has 2 rings (SSSR count). The molecule has 13 heavy (non-hydrogen) atoms. The van der Waals surface area contributed by atoms with Gasteiger partial charge in [-0.15, -0.1) is 0 Å². The Morgan fingerprint density at radius 1 is 1.69 bits per heavy atom. The standard InChI is InChI=1S/C9H15N3O/c1-12-6-7(5-11-12)9-8(10)3-2-4-13-9/h5-6,8-9H,2-4,10H2,1H3/t8-,9+/m0/s1. The van der Waals surface area contributed by atoms with E-state index in [0.717, 1.165) is 25.0 Å². The molecule has 2 N–H and O–H groups in total. The van der Waals surface area contributed by atoms with E-state index in [2.05, 4.69) is 5.10 Å². The summed E-state index contributed by atoms with van der Waals surface area (Å²) in [6.07, 6.45) is 5.95. The van der Waals surface area contributed by atoms with Gasteiger partial charge in [0.1, 0.15) is 6.10 Å². The summed E-state index contributed by atoms with van der Waals surface area (Å²) in [6, 6.07) is 0.123. The van der Waals surface area contributed by atoms with Crippen LogP contribution in [0.3, 0.4) is 0 Å². The second kappa shape index (κ2) is 3.47. The van der Waals surface area contributed by atoms with E-state index in [1.807, 2.05) is 19.4 Å². The minimum atomic E-state index is 0.0439. The zero-order valence-electron chi connectivity index (χ0n) is 7.81. The summed E-state index contributed by atoms with van der Waals surface area (Å²) in [5.41, 5.74) is 7.05. The zero-order chi connectivity index (χ0) is 9.26. The lowest BCUT2D eigenvalue weighted by molar-refractivity contribution is 0.000107. The molecular formula is C9H15N3O. The number of ether oxygens (including phenoxy) is 1. The highest BCUT2D eigenvalue weighted by Gasteiger charge is 2.24. The highest BCUT2D eigenvalue weighted by Crippen LogP contribution is 2.26. The number of nitrogens with two attached hydrogens (primary N) is 1. The molecule has 0 radical (unpaired) electrons. The van der Waals surface area contributed by atoms with Crippen molar-refractivity contribution in [2.24, 2.45) is 12.8 Å². The van der Waals surface area contributed by atoms with Gasteiger partial charge in [-0.25, -0.2) is 0 Å². The number of nitrogens with zero attached hydrogens (tertiary/aromatic N) is 2. The monoisotopic (exact) mass is 181 g/mol. The third-order valence-electron chi connectivity index (χ3n) is 2.42. The van der Waals surface area contributed by atoms with Crippen LogP contribution in [0.4, 0.5) is 0 Å². The summed E-state index contributed by atoms with van der Waals surface area (Å²) in [6.45, 7) is 0.813. The first kappa shape index (κ1) is 8.72. The van der Waals surface area contributed by atoms with Crippen LogP contribution in [-0.4, -0.2) is 22.4 Å². The Labute approximate surface area is 77.7 Å². The second-order valence-corrected chi connectivity index (χ2v) is 3.54. The summed E-state index contributed by atoms with van der Waals surface area (Å²) in [5.74, 6) is 0. The Hall–Kier alpha value is -0.870. The summed E-state index contributed by atoms with van der Waals surface area (Å²) in [7, 11) is 1.90. The molecule has 0 amide bonds. The molecule has 0 saturated carbocycles. The second-order valence-electron chi connectivity index (χ2n) is 3.54. The predicted octanol–water partition coefficient (Wildman–Crippen LogP) is 0.599. The lowest BCUT2D eigenvalue weighted by Gasteiger charge is -2.27. The fourth-order valence-electron chi connectivity index (χ4n) is 1.73. The van der Waals surface area contributed by atoms with E-state index in [1.165, 1.54) is 0 Å². The molecular weight excluding hydrogens is 166 g/mol. The average Bonchev–Trinajstić information content (AvgIpc) is 2.53. The first-order chi connectivity index (χ1) is 6.27. The number of rotatable bonds is 1. The van der Waals surface area contributed by atoms with Crippen molar-refractivity contribution < 1.29 is 4.74 Å². The van der Waals surface area contributed by atoms with Gasteiger partial charge in [-0.05, 0) is 12.8 Å². The maximum atomic E-state index is 5.96. The molecule has 1 aliphatic rings. The SMILES string of the molecule is Cn1cc([C@H]2OCCC[C@@H]2N)cn1. The third-order valence-corrected chi connectivity index (χ3v) is 2.42. The van der Waals surface area contributed by atoms with Gasteiger partial charge in [-0.1, -0.05) is 0 Å². The number of hydrogen-bond donors (Lipinski definition) is 1.